The number of hydrogen-bond donors (Lipinski definition) is 1. The molecule has 4 rings (SSSR count). The molecule has 3 nitrogen and oxygen atoms in total. The molecule has 2 fully saturated rings. The second-order valence-electron chi connectivity index (χ2n) is 7.22. The maximum absolute atomic E-state index is 6.58. The molecule has 1 spiro atoms. The van der Waals surface area contributed by atoms with Gasteiger partial charge in [0.15, 0.2) is 0 Å². The Labute approximate surface area is 134 Å². The first kappa shape index (κ1) is 14.5. The summed E-state index contributed by atoms with van der Waals surface area (Å²) in [6.45, 7) is 6.94. The smallest absolute Gasteiger partial charge is 0.124 e. The third-order valence-corrected chi connectivity index (χ3v) is 5.83. The molecule has 3 heterocycles. The van der Waals surface area contributed by atoms with Crippen LogP contribution in [-0.4, -0.2) is 36.7 Å². The van der Waals surface area contributed by atoms with E-state index in [9.17, 15) is 0 Å². The molecule has 1 N–H and O–H groups in total. The molecule has 0 aliphatic carbocycles. The number of likely N-dealkylation sites (tertiary alicyclic amines) is 1. The molecule has 1 atom stereocenters. The van der Waals surface area contributed by atoms with Crippen LogP contribution in [0, 0.1) is 0 Å². The van der Waals surface area contributed by atoms with Gasteiger partial charge in [0.1, 0.15) is 11.4 Å². The highest BCUT2D eigenvalue weighted by molar-refractivity contribution is 5.42. The van der Waals surface area contributed by atoms with Crippen molar-refractivity contribution in [2.45, 2.75) is 57.1 Å². The number of nitrogens with zero attached hydrogens (tertiary/aromatic N) is 1. The van der Waals surface area contributed by atoms with E-state index >= 15 is 0 Å². The maximum Gasteiger partial charge on any atom is 0.124 e. The highest BCUT2D eigenvalue weighted by atomic mass is 16.5. The molecule has 3 heteroatoms. The van der Waals surface area contributed by atoms with Crippen LogP contribution in [0.5, 0.6) is 5.75 Å². The molecule has 0 radical (unpaired) electrons. The summed E-state index contributed by atoms with van der Waals surface area (Å²) in [5.41, 5.74) is 2.96. The van der Waals surface area contributed by atoms with Crippen molar-refractivity contribution in [3.63, 3.8) is 0 Å². The molecule has 0 saturated carbocycles. The third-order valence-electron chi connectivity index (χ3n) is 5.83. The minimum Gasteiger partial charge on any atom is -0.487 e. The van der Waals surface area contributed by atoms with Crippen molar-refractivity contribution in [3.05, 3.63) is 29.3 Å². The van der Waals surface area contributed by atoms with E-state index in [4.69, 9.17) is 4.74 Å². The van der Waals surface area contributed by atoms with Crippen LogP contribution in [0.2, 0.25) is 0 Å². The van der Waals surface area contributed by atoms with Crippen LogP contribution >= 0.6 is 0 Å². The minimum absolute atomic E-state index is 0.0687. The van der Waals surface area contributed by atoms with Gasteiger partial charge in [-0.15, -0.1) is 0 Å². The molecule has 1 aromatic rings. The number of nitrogens with one attached hydrogen (secondary N) is 1. The largest absolute Gasteiger partial charge is 0.487 e. The maximum atomic E-state index is 6.58. The molecule has 2 saturated heterocycles. The van der Waals surface area contributed by atoms with Crippen LogP contribution in [0.15, 0.2) is 18.2 Å². The van der Waals surface area contributed by atoms with Crippen molar-refractivity contribution in [1.29, 1.82) is 0 Å². The van der Waals surface area contributed by atoms with Crippen LogP contribution in [0.4, 0.5) is 0 Å². The van der Waals surface area contributed by atoms with E-state index in [1.807, 2.05) is 0 Å². The van der Waals surface area contributed by atoms with Crippen LogP contribution in [-0.2, 0) is 6.42 Å². The van der Waals surface area contributed by atoms with Gasteiger partial charge in [0, 0.05) is 18.0 Å². The number of ether oxygens (including phenoxy) is 1. The zero-order chi connectivity index (χ0) is 15.0. The van der Waals surface area contributed by atoms with E-state index in [1.54, 1.807) is 0 Å². The number of piperidine rings is 1. The zero-order valence-electron chi connectivity index (χ0n) is 13.7. The quantitative estimate of drug-likeness (QED) is 0.907. The highest BCUT2D eigenvalue weighted by Crippen LogP contribution is 2.47. The Morgan fingerprint density at radius 1 is 1.23 bits per heavy atom. The Kier molecular flexibility index (Phi) is 3.87. The predicted octanol–water partition coefficient (Wildman–Crippen LogP) is 3.29. The summed E-state index contributed by atoms with van der Waals surface area (Å²) >= 11 is 0. The van der Waals surface area contributed by atoms with Crippen LogP contribution in [0.3, 0.4) is 0 Å². The van der Waals surface area contributed by atoms with Crippen molar-refractivity contribution >= 4 is 0 Å². The lowest BCUT2D eigenvalue weighted by molar-refractivity contribution is -0.0160. The molecule has 1 unspecified atom stereocenters. The van der Waals surface area contributed by atoms with Gasteiger partial charge in [-0.3, -0.25) is 4.90 Å². The van der Waals surface area contributed by atoms with Gasteiger partial charge in [-0.2, -0.15) is 0 Å². The second kappa shape index (κ2) is 5.86. The molecule has 120 valence electrons. The van der Waals surface area contributed by atoms with E-state index in [2.05, 4.69) is 35.3 Å². The van der Waals surface area contributed by atoms with E-state index in [1.165, 1.54) is 43.5 Å². The number of hydrogen-bond acceptors (Lipinski definition) is 3. The fourth-order valence-electron chi connectivity index (χ4n) is 4.48. The molecule has 3 aliphatic heterocycles. The van der Waals surface area contributed by atoms with Crippen LogP contribution in [0.25, 0.3) is 0 Å². The van der Waals surface area contributed by atoms with Crippen molar-refractivity contribution in [2.75, 3.05) is 26.2 Å². The lowest BCUT2D eigenvalue weighted by Crippen LogP contribution is -2.51. The average molecular weight is 300 g/mol. The fourth-order valence-corrected chi connectivity index (χ4v) is 4.48. The second-order valence-corrected chi connectivity index (χ2v) is 7.22. The average Bonchev–Trinajstić information content (AvgIpc) is 3.09. The van der Waals surface area contributed by atoms with E-state index < -0.39 is 0 Å². The number of fused-ring (bicyclic) bond motifs is 1. The van der Waals surface area contributed by atoms with E-state index in [0.717, 1.165) is 38.1 Å². The van der Waals surface area contributed by atoms with Gasteiger partial charge in [-0.05, 0) is 69.9 Å². The Bertz CT molecular complexity index is 530. The van der Waals surface area contributed by atoms with Gasteiger partial charge in [0.2, 0.25) is 0 Å². The molecule has 3 aliphatic rings. The van der Waals surface area contributed by atoms with Gasteiger partial charge in [0.25, 0.3) is 0 Å². The summed E-state index contributed by atoms with van der Waals surface area (Å²) in [7, 11) is 0. The standard InChI is InChI=1S/C19H28N2O/c1-2-15-5-6-18-16(13-15)17(21-11-3-4-12-21)14-19(22-18)7-9-20-10-8-19/h5-6,13,17,20H,2-4,7-12,14H2,1H3. The first-order chi connectivity index (χ1) is 10.8. The summed E-state index contributed by atoms with van der Waals surface area (Å²) in [4.78, 5) is 2.71. The van der Waals surface area contributed by atoms with Crippen molar-refractivity contribution in [3.8, 4) is 5.75 Å². The molecule has 0 bridgehead atoms. The molecule has 1 aromatic carbocycles. The number of rotatable bonds is 2. The van der Waals surface area contributed by atoms with Gasteiger partial charge in [-0.1, -0.05) is 19.1 Å². The van der Waals surface area contributed by atoms with E-state index in [0.29, 0.717) is 6.04 Å². The third kappa shape index (κ3) is 2.55. The fraction of sp³-hybridized carbons (Fsp3) is 0.684. The first-order valence-corrected chi connectivity index (χ1v) is 9.06. The Balaban J connectivity index is 1.71. The Morgan fingerprint density at radius 2 is 2.00 bits per heavy atom. The number of benzene rings is 1. The first-order valence-electron chi connectivity index (χ1n) is 9.06. The normalized spacial score (nSPS) is 27.6. The van der Waals surface area contributed by atoms with Crippen LogP contribution < -0.4 is 10.1 Å². The lowest BCUT2D eigenvalue weighted by Gasteiger charge is -2.47. The minimum atomic E-state index is 0.0687. The summed E-state index contributed by atoms with van der Waals surface area (Å²) < 4.78 is 6.58. The molecular weight excluding hydrogens is 272 g/mol. The highest BCUT2D eigenvalue weighted by Gasteiger charge is 2.43. The Morgan fingerprint density at radius 3 is 2.73 bits per heavy atom. The summed E-state index contributed by atoms with van der Waals surface area (Å²) in [5, 5.41) is 3.49. The summed E-state index contributed by atoms with van der Waals surface area (Å²) in [6.07, 6.45) is 7.28. The van der Waals surface area contributed by atoms with Gasteiger partial charge >= 0.3 is 0 Å². The van der Waals surface area contributed by atoms with Crippen LogP contribution in [0.1, 0.15) is 56.2 Å². The van der Waals surface area contributed by atoms with Gasteiger partial charge < -0.3 is 10.1 Å². The van der Waals surface area contributed by atoms with Crippen molar-refractivity contribution in [2.24, 2.45) is 0 Å². The molecule has 22 heavy (non-hydrogen) atoms. The summed E-state index contributed by atoms with van der Waals surface area (Å²) in [6, 6.07) is 7.46. The van der Waals surface area contributed by atoms with Crippen molar-refractivity contribution < 1.29 is 4.74 Å². The SMILES string of the molecule is CCc1ccc2c(c1)C(N1CCCC1)CC1(CCNCC1)O2. The van der Waals surface area contributed by atoms with Gasteiger partial charge in [-0.25, -0.2) is 0 Å². The van der Waals surface area contributed by atoms with Crippen molar-refractivity contribution in [1.82, 2.24) is 10.2 Å². The molecule has 0 amide bonds. The molecular formula is C19H28N2O. The molecule has 0 aromatic heterocycles. The summed E-state index contributed by atoms with van der Waals surface area (Å²) in [5.74, 6) is 1.15. The topological polar surface area (TPSA) is 24.5 Å². The van der Waals surface area contributed by atoms with Gasteiger partial charge in [0.05, 0.1) is 0 Å². The predicted molar refractivity (Wildman–Crippen MR) is 89.4 cm³/mol. The van der Waals surface area contributed by atoms with E-state index in [-0.39, 0.29) is 5.60 Å². The lowest BCUT2D eigenvalue weighted by atomic mass is 9.80. The number of aryl methyl sites for hydroxylation is 1. The zero-order valence-corrected chi connectivity index (χ0v) is 13.7. The monoisotopic (exact) mass is 300 g/mol. The Hall–Kier alpha value is -1.06.